The van der Waals surface area contributed by atoms with Crippen LogP contribution in [0.15, 0.2) is 0 Å². The molecule has 0 bridgehead atoms. The van der Waals surface area contributed by atoms with E-state index in [1.165, 1.54) is 64.3 Å². The van der Waals surface area contributed by atoms with E-state index in [4.69, 9.17) is 4.74 Å². The molecule has 0 aromatic heterocycles. The predicted molar refractivity (Wildman–Crippen MR) is 90.6 cm³/mol. The van der Waals surface area contributed by atoms with Crippen molar-refractivity contribution in [1.29, 1.82) is 0 Å². The fourth-order valence-electron chi connectivity index (χ4n) is 4.47. The molecule has 1 aliphatic carbocycles. The van der Waals surface area contributed by atoms with Crippen LogP contribution in [0.3, 0.4) is 0 Å². The van der Waals surface area contributed by atoms with Crippen LogP contribution < -0.4 is 5.32 Å². The van der Waals surface area contributed by atoms with Gasteiger partial charge in [0.15, 0.2) is 0 Å². The molecule has 2 heteroatoms. The van der Waals surface area contributed by atoms with Gasteiger partial charge in [0, 0.05) is 6.04 Å². The smallest absolute Gasteiger partial charge is 0.0631 e. The van der Waals surface area contributed by atoms with E-state index in [1.54, 1.807) is 0 Å². The molecule has 124 valence electrons. The van der Waals surface area contributed by atoms with Gasteiger partial charge in [0.25, 0.3) is 0 Å². The predicted octanol–water partition coefficient (Wildman–Crippen LogP) is 4.92. The van der Waals surface area contributed by atoms with Crippen LogP contribution >= 0.6 is 0 Å². The first-order valence-corrected chi connectivity index (χ1v) is 9.45. The highest BCUT2D eigenvalue weighted by Crippen LogP contribution is 2.39. The summed E-state index contributed by atoms with van der Waals surface area (Å²) >= 11 is 0. The molecular weight excluding hydrogens is 258 g/mol. The first kappa shape index (κ1) is 17.3. The van der Waals surface area contributed by atoms with Gasteiger partial charge >= 0.3 is 0 Å². The fraction of sp³-hybridized carbons (Fsp3) is 1.00. The Labute approximate surface area is 132 Å². The zero-order chi connectivity index (χ0) is 15.3. The minimum absolute atomic E-state index is 0.120. The molecule has 0 spiro atoms. The highest BCUT2D eigenvalue weighted by atomic mass is 16.5. The van der Waals surface area contributed by atoms with Crippen molar-refractivity contribution in [2.45, 2.75) is 103 Å². The first-order chi connectivity index (χ1) is 10.0. The molecule has 2 aliphatic rings. The maximum absolute atomic E-state index is 6.27. The monoisotopic (exact) mass is 295 g/mol. The van der Waals surface area contributed by atoms with Gasteiger partial charge in [-0.05, 0) is 77.2 Å². The Balaban J connectivity index is 1.89. The molecular formula is C19H37NO. The average Bonchev–Trinajstić information content (AvgIpc) is 2.77. The number of hydrogen-bond acceptors (Lipinski definition) is 2. The van der Waals surface area contributed by atoms with Gasteiger partial charge < -0.3 is 10.1 Å². The minimum Gasteiger partial charge on any atom is -0.372 e. The molecule has 4 atom stereocenters. The van der Waals surface area contributed by atoms with Crippen LogP contribution in [0.1, 0.15) is 85.5 Å². The van der Waals surface area contributed by atoms with Crippen molar-refractivity contribution in [2.24, 2.45) is 11.8 Å². The third-order valence-electron chi connectivity index (χ3n) is 5.56. The van der Waals surface area contributed by atoms with E-state index in [2.05, 4.69) is 33.0 Å². The molecule has 1 N–H and O–H groups in total. The molecule has 2 nitrogen and oxygen atoms in total. The Morgan fingerprint density at radius 2 is 1.90 bits per heavy atom. The molecule has 21 heavy (non-hydrogen) atoms. The molecule has 0 radical (unpaired) electrons. The summed E-state index contributed by atoms with van der Waals surface area (Å²) in [7, 11) is 0. The largest absolute Gasteiger partial charge is 0.372 e. The second kappa shape index (κ2) is 7.97. The Morgan fingerprint density at radius 1 is 1.10 bits per heavy atom. The van der Waals surface area contributed by atoms with Gasteiger partial charge in [-0.3, -0.25) is 0 Å². The van der Waals surface area contributed by atoms with E-state index >= 15 is 0 Å². The lowest BCUT2D eigenvalue weighted by molar-refractivity contribution is -0.0306. The van der Waals surface area contributed by atoms with Crippen molar-refractivity contribution >= 4 is 0 Å². The van der Waals surface area contributed by atoms with Gasteiger partial charge in [0.1, 0.15) is 0 Å². The Kier molecular flexibility index (Phi) is 6.55. The van der Waals surface area contributed by atoms with Crippen molar-refractivity contribution < 1.29 is 4.74 Å². The zero-order valence-electron chi connectivity index (χ0n) is 14.8. The Hall–Kier alpha value is -0.0800. The summed E-state index contributed by atoms with van der Waals surface area (Å²) < 4.78 is 6.27. The lowest BCUT2D eigenvalue weighted by Crippen LogP contribution is -2.42. The Bertz CT molecular complexity index is 302. The highest BCUT2D eigenvalue weighted by molar-refractivity contribution is 4.89. The highest BCUT2D eigenvalue weighted by Gasteiger charge is 2.36. The average molecular weight is 296 g/mol. The summed E-state index contributed by atoms with van der Waals surface area (Å²) in [6.07, 6.45) is 12.5. The maximum atomic E-state index is 6.27. The van der Waals surface area contributed by atoms with Gasteiger partial charge in [-0.15, -0.1) is 0 Å². The van der Waals surface area contributed by atoms with Crippen molar-refractivity contribution in [3.8, 4) is 0 Å². The van der Waals surface area contributed by atoms with Crippen LogP contribution in [-0.4, -0.2) is 24.3 Å². The number of ether oxygens (including phenoxy) is 1. The second-order valence-electron chi connectivity index (χ2n) is 8.06. The van der Waals surface area contributed by atoms with Crippen LogP contribution in [0.5, 0.6) is 0 Å². The van der Waals surface area contributed by atoms with Gasteiger partial charge in [-0.25, -0.2) is 0 Å². The van der Waals surface area contributed by atoms with E-state index in [1.807, 2.05) is 0 Å². The number of hydrogen-bond donors (Lipinski definition) is 1. The minimum atomic E-state index is 0.120. The van der Waals surface area contributed by atoms with Crippen molar-refractivity contribution in [3.05, 3.63) is 0 Å². The molecule has 0 amide bonds. The SMILES string of the molecule is CCCNC1CCC(CCC)CC1CC1CCC(C)(C)O1. The summed E-state index contributed by atoms with van der Waals surface area (Å²) in [5.74, 6) is 1.80. The van der Waals surface area contributed by atoms with Crippen molar-refractivity contribution in [3.63, 3.8) is 0 Å². The first-order valence-electron chi connectivity index (χ1n) is 9.45. The van der Waals surface area contributed by atoms with Crippen molar-refractivity contribution in [2.75, 3.05) is 6.54 Å². The topological polar surface area (TPSA) is 21.3 Å². The van der Waals surface area contributed by atoms with E-state index in [-0.39, 0.29) is 5.60 Å². The lowest BCUT2D eigenvalue weighted by Gasteiger charge is -2.38. The maximum Gasteiger partial charge on any atom is 0.0631 e. The van der Waals surface area contributed by atoms with E-state index in [0.717, 1.165) is 17.9 Å². The van der Waals surface area contributed by atoms with Crippen LogP contribution in [0.25, 0.3) is 0 Å². The summed E-state index contributed by atoms with van der Waals surface area (Å²) in [6.45, 7) is 10.3. The van der Waals surface area contributed by atoms with Gasteiger partial charge in [-0.1, -0.05) is 26.7 Å². The van der Waals surface area contributed by atoms with E-state index < -0.39 is 0 Å². The molecule has 2 fully saturated rings. The third kappa shape index (κ3) is 5.25. The number of nitrogens with one attached hydrogen (secondary N) is 1. The standard InChI is InChI=1S/C19H37NO/c1-5-7-15-8-9-18(20-12-6-2)16(13-15)14-17-10-11-19(3,4)21-17/h15-18,20H,5-14H2,1-4H3. The van der Waals surface area contributed by atoms with E-state index in [0.29, 0.717) is 6.10 Å². The lowest BCUT2D eigenvalue weighted by atomic mass is 9.74. The molecule has 0 aromatic carbocycles. The van der Waals surface area contributed by atoms with Crippen LogP contribution in [-0.2, 0) is 4.74 Å². The fourth-order valence-corrected chi connectivity index (χ4v) is 4.47. The van der Waals surface area contributed by atoms with Gasteiger partial charge in [-0.2, -0.15) is 0 Å². The van der Waals surface area contributed by atoms with Crippen LogP contribution in [0, 0.1) is 11.8 Å². The molecule has 1 saturated carbocycles. The molecule has 0 aromatic rings. The Morgan fingerprint density at radius 3 is 2.52 bits per heavy atom. The molecule has 1 aliphatic heterocycles. The quantitative estimate of drug-likeness (QED) is 0.720. The summed E-state index contributed by atoms with van der Waals surface area (Å²) in [6, 6.07) is 0.741. The van der Waals surface area contributed by atoms with Crippen LogP contribution in [0.2, 0.25) is 0 Å². The van der Waals surface area contributed by atoms with Crippen molar-refractivity contribution in [1.82, 2.24) is 5.32 Å². The zero-order valence-corrected chi connectivity index (χ0v) is 14.8. The summed E-state index contributed by atoms with van der Waals surface area (Å²) in [5.41, 5.74) is 0.120. The molecule has 1 saturated heterocycles. The normalized spacial score (nSPS) is 36.0. The molecule has 1 heterocycles. The van der Waals surface area contributed by atoms with Gasteiger partial charge in [0.05, 0.1) is 11.7 Å². The number of rotatable bonds is 7. The third-order valence-corrected chi connectivity index (χ3v) is 5.56. The summed E-state index contributed by atoms with van der Waals surface area (Å²) in [4.78, 5) is 0. The molecule has 4 unspecified atom stereocenters. The van der Waals surface area contributed by atoms with E-state index in [9.17, 15) is 0 Å². The summed E-state index contributed by atoms with van der Waals surface area (Å²) in [5, 5.41) is 3.82. The second-order valence-corrected chi connectivity index (χ2v) is 8.06. The van der Waals surface area contributed by atoms with Crippen LogP contribution in [0.4, 0.5) is 0 Å². The molecule has 2 rings (SSSR count). The van der Waals surface area contributed by atoms with Gasteiger partial charge in [0.2, 0.25) is 0 Å².